The Balaban J connectivity index is 2.01. The van der Waals surface area contributed by atoms with Crippen LogP contribution in [0.1, 0.15) is 42.6 Å². The van der Waals surface area contributed by atoms with Gasteiger partial charge in [0.25, 0.3) is 0 Å². The lowest BCUT2D eigenvalue weighted by molar-refractivity contribution is 0.106. The van der Waals surface area contributed by atoms with Crippen LogP contribution in [-0.2, 0) is 0 Å². The molecular formula is C18H21FO2. The predicted molar refractivity (Wildman–Crippen MR) is 82.1 cm³/mol. The molecule has 0 radical (unpaired) electrons. The van der Waals surface area contributed by atoms with E-state index >= 15 is 0 Å². The molecular weight excluding hydrogens is 267 g/mol. The van der Waals surface area contributed by atoms with Crippen LogP contribution in [0.2, 0.25) is 0 Å². The maximum atomic E-state index is 13.6. The molecule has 0 saturated carbocycles. The molecule has 1 N–H and O–H groups in total. The van der Waals surface area contributed by atoms with Gasteiger partial charge in [-0.1, -0.05) is 44.2 Å². The molecule has 0 aromatic heterocycles. The highest BCUT2D eigenvalue weighted by Crippen LogP contribution is 2.22. The highest BCUT2D eigenvalue weighted by molar-refractivity contribution is 5.30. The van der Waals surface area contributed by atoms with Crippen molar-refractivity contribution in [2.45, 2.75) is 32.8 Å². The van der Waals surface area contributed by atoms with Crippen LogP contribution in [-0.4, -0.2) is 11.7 Å². The van der Waals surface area contributed by atoms with Crippen LogP contribution in [0, 0.1) is 12.7 Å². The summed E-state index contributed by atoms with van der Waals surface area (Å²) in [5, 5.41) is 10.1. The predicted octanol–water partition coefficient (Wildman–Crippen LogP) is 4.37. The second-order valence-electron chi connectivity index (χ2n) is 5.58. The second-order valence-corrected chi connectivity index (χ2v) is 5.58. The summed E-state index contributed by atoms with van der Waals surface area (Å²) >= 11 is 0. The molecule has 0 amide bonds. The average molecular weight is 288 g/mol. The van der Waals surface area contributed by atoms with Gasteiger partial charge in [-0.2, -0.15) is 0 Å². The molecule has 0 fully saturated rings. The lowest BCUT2D eigenvalue weighted by Crippen LogP contribution is -2.10. The summed E-state index contributed by atoms with van der Waals surface area (Å²) in [5.41, 5.74) is 2.91. The molecule has 0 aliphatic carbocycles. The van der Waals surface area contributed by atoms with Crippen molar-refractivity contribution >= 4 is 0 Å². The van der Waals surface area contributed by atoms with E-state index in [9.17, 15) is 9.50 Å². The molecule has 0 aliphatic heterocycles. The van der Waals surface area contributed by atoms with Crippen molar-refractivity contribution in [3.05, 3.63) is 65.0 Å². The summed E-state index contributed by atoms with van der Waals surface area (Å²) < 4.78 is 18.9. The zero-order chi connectivity index (χ0) is 15.4. The van der Waals surface area contributed by atoms with Gasteiger partial charge >= 0.3 is 0 Å². The molecule has 2 nitrogen and oxygen atoms in total. The first-order valence-electron chi connectivity index (χ1n) is 7.14. The van der Waals surface area contributed by atoms with Crippen LogP contribution < -0.4 is 4.74 Å². The summed E-state index contributed by atoms with van der Waals surface area (Å²) in [7, 11) is 0. The number of ether oxygens (including phenoxy) is 1. The Morgan fingerprint density at radius 1 is 1.05 bits per heavy atom. The molecule has 0 aliphatic rings. The SMILES string of the molecule is Cc1ccc(F)c(OCC(O)c2ccc(C(C)C)cc2)c1. The molecule has 0 heterocycles. The smallest absolute Gasteiger partial charge is 0.165 e. The van der Waals surface area contributed by atoms with Crippen LogP contribution >= 0.6 is 0 Å². The Kier molecular flexibility index (Phi) is 4.97. The number of aliphatic hydroxyl groups is 1. The van der Waals surface area contributed by atoms with Gasteiger partial charge in [-0.3, -0.25) is 0 Å². The molecule has 112 valence electrons. The fourth-order valence-electron chi connectivity index (χ4n) is 2.09. The maximum absolute atomic E-state index is 13.6. The Hall–Kier alpha value is -1.87. The third kappa shape index (κ3) is 4.05. The normalized spacial score (nSPS) is 12.5. The van der Waals surface area contributed by atoms with E-state index in [4.69, 9.17) is 4.74 Å². The fourth-order valence-corrected chi connectivity index (χ4v) is 2.09. The van der Waals surface area contributed by atoms with Gasteiger partial charge in [0.1, 0.15) is 12.7 Å². The quantitative estimate of drug-likeness (QED) is 0.885. The van der Waals surface area contributed by atoms with E-state index in [0.717, 1.165) is 11.1 Å². The van der Waals surface area contributed by atoms with Crippen molar-refractivity contribution in [2.75, 3.05) is 6.61 Å². The molecule has 2 rings (SSSR count). The van der Waals surface area contributed by atoms with Crippen molar-refractivity contribution in [2.24, 2.45) is 0 Å². The monoisotopic (exact) mass is 288 g/mol. The van der Waals surface area contributed by atoms with Gasteiger partial charge in [-0.15, -0.1) is 0 Å². The van der Waals surface area contributed by atoms with Gasteiger partial charge in [0.2, 0.25) is 0 Å². The minimum absolute atomic E-state index is 0.0292. The lowest BCUT2D eigenvalue weighted by Gasteiger charge is -2.14. The molecule has 2 aromatic rings. The summed E-state index contributed by atoms with van der Waals surface area (Å²) in [6, 6.07) is 12.4. The number of rotatable bonds is 5. The third-order valence-corrected chi connectivity index (χ3v) is 3.47. The number of aliphatic hydroxyl groups excluding tert-OH is 1. The highest BCUT2D eigenvalue weighted by atomic mass is 19.1. The molecule has 0 bridgehead atoms. The van der Waals surface area contributed by atoms with E-state index in [2.05, 4.69) is 13.8 Å². The first-order valence-corrected chi connectivity index (χ1v) is 7.14. The Labute approximate surface area is 125 Å². The van der Waals surface area contributed by atoms with E-state index in [1.807, 2.05) is 31.2 Å². The van der Waals surface area contributed by atoms with Crippen molar-refractivity contribution in [1.82, 2.24) is 0 Å². The molecule has 0 saturated heterocycles. The van der Waals surface area contributed by atoms with Gasteiger partial charge in [0.15, 0.2) is 11.6 Å². The van der Waals surface area contributed by atoms with Gasteiger partial charge in [0, 0.05) is 0 Å². The van der Waals surface area contributed by atoms with Gasteiger partial charge in [0.05, 0.1) is 0 Å². The van der Waals surface area contributed by atoms with Crippen molar-refractivity contribution in [3.63, 3.8) is 0 Å². The van der Waals surface area contributed by atoms with E-state index in [0.29, 0.717) is 5.92 Å². The summed E-state index contributed by atoms with van der Waals surface area (Å²) in [4.78, 5) is 0. The van der Waals surface area contributed by atoms with Crippen LogP contribution in [0.5, 0.6) is 5.75 Å². The zero-order valence-corrected chi connectivity index (χ0v) is 12.6. The number of hydrogen-bond donors (Lipinski definition) is 1. The Morgan fingerprint density at radius 2 is 1.67 bits per heavy atom. The lowest BCUT2D eigenvalue weighted by atomic mass is 10.0. The van der Waals surface area contributed by atoms with Crippen molar-refractivity contribution in [1.29, 1.82) is 0 Å². The zero-order valence-electron chi connectivity index (χ0n) is 12.6. The van der Waals surface area contributed by atoms with Gasteiger partial charge in [-0.05, 0) is 41.7 Å². The second kappa shape index (κ2) is 6.72. The standard InChI is InChI=1S/C18H21FO2/c1-12(2)14-5-7-15(8-6-14)17(20)11-21-18-10-13(3)4-9-16(18)19/h4-10,12,17,20H,11H2,1-3H3. The van der Waals surface area contributed by atoms with Crippen LogP contribution in [0.25, 0.3) is 0 Å². The van der Waals surface area contributed by atoms with Crippen molar-refractivity contribution < 1.29 is 14.2 Å². The topological polar surface area (TPSA) is 29.5 Å². The third-order valence-electron chi connectivity index (χ3n) is 3.47. The Bertz CT molecular complexity index is 591. The van der Waals surface area contributed by atoms with E-state index < -0.39 is 11.9 Å². The summed E-state index contributed by atoms with van der Waals surface area (Å²) in [6.07, 6.45) is -0.772. The number of aryl methyl sites for hydroxylation is 1. The first kappa shape index (κ1) is 15.5. The molecule has 0 spiro atoms. The van der Waals surface area contributed by atoms with Crippen molar-refractivity contribution in [3.8, 4) is 5.75 Å². The minimum Gasteiger partial charge on any atom is -0.487 e. The van der Waals surface area contributed by atoms with Crippen LogP contribution in [0.15, 0.2) is 42.5 Å². The molecule has 3 heteroatoms. The number of halogens is 1. The molecule has 21 heavy (non-hydrogen) atoms. The Morgan fingerprint density at radius 3 is 2.29 bits per heavy atom. The largest absolute Gasteiger partial charge is 0.487 e. The molecule has 2 aromatic carbocycles. The summed E-state index contributed by atoms with van der Waals surface area (Å²) in [6.45, 7) is 6.14. The van der Waals surface area contributed by atoms with Crippen LogP contribution in [0.4, 0.5) is 4.39 Å². The molecule has 1 unspecified atom stereocenters. The maximum Gasteiger partial charge on any atom is 0.165 e. The molecule has 1 atom stereocenters. The first-order chi connectivity index (χ1) is 9.97. The van der Waals surface area contributed by atoms with Gasteiger partial charge in [-0.25, -0.2) is 4.39 Å². The fraction of sp³-hybridized carbons (Fsp3) is 0.333. The van der Waals surface area contributed by atoms with Gasteiger partial charge < -0.3 is 9.84 Å². The highest BCUT2D eigenvalue weighted by Gasteiger charge is 2.11. The summed E-state index contributed by atoms with van der Waals surface area (Å²) in [5.74, 6) is 0.213. The van der Waals surface area contributed by atoms with E-state index in [-0.39, 0.29) is 12.4 Å². The van der Waals surface area contributed by atoms with Crippen LogP contribution in [0.3, 0.4) is 0 Å². The number of benzene rings is 2. The average Bonchev–Trinajstić information content (AvgIpc) is 2.48. The minimum atomic E-state index is -0.772. The van der Waals surface area contributed by atoms with E-state index in [1.165, 1.54) is 11.6 Å². The number of hydrogen-bond acceptors (Lipinski definition) is 2. The van der Waals surface area contributed by atoms with E-state index in [1.54, 1.807) is 12.1 Å².